The van der Waals surface area contributed by atoms with Gasteiger partial charge < -0.3 is 4.90 Å². The molecule has 0 saturated heterocycles. The van der Waals surface area contributed by atoms with Crippen molar-refractivity contribution >= 4 is 102 Å². The van der Waals surface area contributed by atoms with Crippen LogP contribution >= 0.6 is 22.7 Å². The summed E-state index contributed by atoms with van der Waals surface area (Å²) in [5.74, 6) is 0. The van der Waals surface area contributed by atoms with Crippen molar-refractivity contribution in [3.8, 4) is 11.1 Å². The average Bonchev–Trinajstić information content (AvgIpc) is 3.66. The maximum atomic E-state index is 4.33. The quantitative estimate of drug-likeness (QED) is 0.191. The summed E-state index contributed by atoms with van der Waals surface area (Å²) in [7, 11) is 0. The molecule has 10 aromatic rings. The van der Waals surface area contributed by atoms with Crippen molar-refractivity contribution in [1.29, 1.82) is 0 Å². The minimum atomic E-state index is 1.11. The largest absolute Gasteiger partial charge is 0.310 e. The molecule has 3 aromatic heterocycles. The second-order valence-corrected chi connectivity index (χ2v) is 14.2. The van der Waals surface area contributed by atoms with Gasteiger partial charge in [-0.05, 0) is 99.4 Å². The minimum Gasteiger partial charge on any atom is -0.310 e. The molecule has 0 bridgehead atoms. The lowest BCUT2D eigenvalue weighted by atomic mass is 10.0. The second-order valence-electron chi connectivity index (χ2n) is 12.1. The number of pyridine rings is 1. The predicted octanol–water partition coefficient (Wildman–Crippen LogP) is 13.3. The highest BCUT2D eigenvalue weighted by atomic mass is 32.1. The van der Waals surface area contributed by atoms with E-state index in [0.717, 1.165) is 28.2 Å². The number of hydrogen-bond acceptors (Lipinski definition) is 4. The number of rotatable bonds is 4. The molecule has 0 unspecified atom stereocenters. The fourth-order valence-corrected chi connectivity index (χ4v) is 9.30. The van der Waals surface area contributed by atoms with E-state index in [9.17, 15) is 0 Å². The lowest BCUT2D eigenvalue weighted by Gasteiger charge is -2.26. The van der Waals surface area contributed by atoms with Gasteiger partial charge in [-0.15, -0.1) is 22.7 Å². The molecule has 0 N–H and O–H groups in total. The summed E-state index contributed by atoms with van der Waals surface area (Å²) in [6, 6.07) is 53.5. The highest BCUT2D eigenvalue weighted by Crippen LogP contribution is 2.44. The number of anilines is 3. The van der Waals surface area contributed by atoms with Crippen LogP contribution in [0.5, 0.6) is 0 Å². The SMILES string of the molecule is c1cncc(-c2ccc(N(c3ccc4c(c3)sc3cc5ccccc5cc34)c3ccc4c(c3)sc3cc5ccccc5cc34)cc2)c1. The summed E-state index contributed by atoms with van der Waals surface area (Å²) in [4.78, 5) is 6.73. The van der Waals surface area contributed by atoms with Crippen LogP contribution in [-0.4, -0.2) is 4.98 Å². The molecule has 47 heavy (non-hydrogen) atoms. The maximum absolute atomic E-state index is 4.33. The fraction of sp³-hybridized carbons (Fsp3) is 0. The van der Waals surface area contributed by atoms with Crippen LogP contribution in [0.15, 0.2) is 158 Å². The summed E-state index contributed by atoms with van der Waals surface area (Å²) >= 11 is 3.75. The fourth-order valence-electron chi connectivity index (χ4n) is 6.96. The highest BCUT2D eigenvalue weighted by molar-refractivity contribution is 7.26. The van der Waals surface area contributed by atoms with Gasteiger partial charge in [0.15, 0.2) is 0 Å². The Bertz CT molecular complexity index is 2640. The molecule has 7 aromatic carbocycles. The molecule has 0 saturated carbocycles. The van der Waals surface area contributed by atoms with Crippen LogP contribution in [0.25, 0.3) is 73.0 Å². The van der Waals surface area contributed by atoms with E-state index in [2.05, 4.69) is 149 Å². The molecule has 220 valence electrons. The Morgan fingerprint density at radius 3 is 1.38 bits per heavy atom. The van der Waals surface area contributed by atoms with Gasteiger partial charge in [-0.1, -0.05) is 78.9 Å². The van der Waals surface area contributed by atoms with Crippen molar-refractivity contribution in [3.05, 3.63) is 158 Å². The van der Waals surface area contributed by atoms with Gasteiger partial charge in [0.2, 0.25) is 0 Å². The molecule has 2 nitrogen and oxygen atoms in total. The Kier molecular flexibility index (Phi) is 5.95. The second kappa shape index (κ2) is 10.5. The topological polar surface area (TPSA) is 16.1 Å². The van der Waals surface area contributed by atoms with E-state index in [1.807, 2.05) is 41.1 Å². The van der Waals surface area contributed by atoms with Gasteiger partial charge in [-0.3, -0.25) is 4.98 Å². The van der Waals surface area contributed by atoms with Crippen molar-refractivity contribution < 1.29 is 0 Å². The molecule has 0 aliphatic rings. The van der Waals surface area contributed by atoms with E-state index in [1.54, 1.807) is 0 Å². The number of aromatic nitrogens is 1. The summed E-state index contributed by atoms with van der Waals surface area (Å²) in [6.07, 6.45) is 3.74. The third-order valence-corrected chi connectivity index (χ3v) is 11.5. The summed E-state index contributed by atoms with van der Waals surface area (Å²) in [6.45, 7) is 0. The first kappa shape index (κ1) is 26.6. The Morgan fingerprint density at radius 1 is 0.383 bits per heavy atom. The van der Waals surface area contributed by atoms with Gasteiger partial charge in [0.1, 0.15) is 0 Å². The van der Waals surface area contributed by atoms with Crippen LogP contribution in [0.3, 0.4) is 0 Å². The van der Waals surface area contributed by atoms with Gasteiger partial charge in [-0.25, -0.2) is 0 Å². The Hall–Kier alpha value is -5.55. The first-order valence-electron chi connectivity index (χ1n) is 15.8. The molecule has 4 heteroatoms. The van der Waals surface area contributed by atoms with Crippen molar-refractivity contribution in [3.63, 3.8) is 0 Å². The van der Waals surface area contributed by atoms with Gasteiger partial charge >= 0.3 is 0 Å². The van der Waals surface area contributed by atoms with Crippen LogP contribution in [0.2, 0.25) is 0 Å². The first-order valence-corrected chi connectivity index (χ1v) is 17.4. The van der Waals surface area contributed by atoms with Crippen LogP contribution in [0.1, 0.15) is 0 Å². The lowest BCUT2D eigenvalue weighted by Crippen LogP contribution is -2.09. The van der Waals surface area contributed by atoms with Crippen LogP contribution < -0.4 is 4.90 Å². The van der Waals surface area contributed by atoms with Crippen LogP contribution in [0.4, 0.5) is 17.1 Å². The van der Waals surface area contributed by atoms with E-state index in [0.29, 0.717) is 0 Å². The zero-order chi connectivity index (χ0) is 30.9. The van der Waals surface area contributed by atoms with Crippen molar-refractivity contribution in [1.82, 2.24) is 4.98 Å². The van der Waals surface area contributed by atoms with Crippen molar-refractivity contribution in [2.45, 2.75) is 0 Å². The lowest BCUT2D eigenvalue weighted by molar-refractivity contribution is 1.29. The molecule has 10 rings (SSSR count). The standard InChI is InChI=1S/C43H26N2S2/c1-3-8-30-22-40-38(20-28(30)6-1)36-17-15-34(24-42(36)46-40)45(33-13-11-27(12-14-33)32-10-5-19-44-26-32)35-16-18-37-39-21-29-7-2-4-9-31(29)23-41(39)47-43(37)25-35/h1-26H. The molecule has 0 fully saturated rings. The zero-order valence-electron chi connectivity index (χ0n) is 25.2. The summed E-state index contributed by atoms with van der Waals surface area (Å²) in [5.41, 5.74) is 5.68. The molecule has 0 spiro atoms. The van der Waals surface area contributed by atoms with E-state index in [1.165, 1.54) is 61.9 Å². The van der Waals surface area contributed by atoms with E-state index in [4.69, 9.17) is 0 Å². The zero-order valence-corrected chi connectivity index (χ0v) is 26.9. The van der Waals surface area contributed by atoms with E-state index < -0.39 is 0 Å². The smallest absolute Gasteiger partial charge is 0.0476 e. The van der Waals surface area contributed by atoms with Crippen LogP contribution in [-0.2, 0) is 0 Å². The Balaban J connectivity index is 1.15. The van der Waals surface area contributed by atoms with Gasteiger partial charge in [0, 0.05) is 69.8 Å². The summed E-state index contributed by atoms with van der Waals surface area (Å²) in [5, 5.41) is 10.4. The molecule has 3 heterocycles. The molecule has 0 aliphatic heterocycles. The third-order valence-electron chi connectivity index (χ3n) is 9.28. The molecule has 0 amide bonds. The summed E-state index contributed by atoms with van der Waals surface area (Å²) < 4.78 is 5.23. The van der Waals surface area contributed by atoms with Gasteiger partial charge in [-0.2, -0.15) is 0 Å². The highest BCUT2D eigenvalue weighted by Gasteiger charge is 2.17. The number of fused-ring (bicyclic) bond motifs is 8. The van der Waals surface area contributed by atoms with Crippen molar-refractivity contribution in [2.24, 2.45) is 0 Å². The van der Waals surface area contributed by atoms with E-state index in [-0.39, 0.29) is 0 Å². The molecular formula is C43H26N2S2. The van der Waals surface area contributed by atoms with Crippen LogP contribution in [0, 0.1) is 0 Å². The molecule has 0 radical (unpaired) electrons. The normalized spacial score (nSPS) is 11.8. The minimum absolute atomic E-state index is 1.11. The van der Waals surface area contributed by atoms with Gasteiger partial charge in [0.05, 0.1) is 0 Å². The predicted molar refractivity (Wildman–Crippen MR) is 205 cm³/mol. The molecular weight excluding hydrogens is 609 g/mol. The maximum Gasteiger partial charge on any atom is 0.0476 e. The van der Waals surface area contributed by atoms with E-state index >= 15 is 0 Å². The average molecular weight is 635 g/mol. The number of benzene rings is 7. The third kappa shape index (κ3) is 4.41. The molecule has 0 atom stereocenters. The number of hydrogen-bond donors (Lipinski definition) is 0. The van der Waals surface area contributed by atoms with Gasteiger partial charge in [0.25, 0.3) is 0 Å². The number of nitrogens with zero attached hydrogens (tertiary/aromatic N) is 2. The Morgan fingerprint density at radius 2 is 0.872 bits per heavy atom. The number of thiophene rings is 2. The monoisotopic (exact) mass is 634 g/mol. The molecule has 0 aliphatic carbocycles. The Labute approximate surface area is 279 Å². The van der Waals surface area contributed by atoms with Crippen molar-refractivity contribution in [2.75, 3.05) is 4.90 Å². The first-order chi connectivity index (χ1) is 23.2.